The Morgan fingerprint density at radius 2 is 1.89 bits per heavy atom. The lowest BCUT2D eigenvalue weighted by molar-refractivity contribution is 0.0697. The first-order valence-electron chi connectivity index (χ1n) is 6.87. The summed E-state index contributed by atoms with van der Waals surface area (Å²) in [5.41, 5.74) is 6.59. The molecular weight excluding hydrogens is 242 g/mol. The lowest BCUT2D eigenvalue weighted by atomic mass is 10.1. The topological polar surface area (TPSA) is 79.5 Å². The number of carboxylic acids is 1. The van der Waals surface area contributed by atoms with Crippen molar-refractivity contribution in [2.24, 2.45) is 11.8 Å². The Morgan fingerprint density at radius 1 is 1.32 bits per heavy atom. The monoisotopic (exact) mass is 261 g/mol. The number of hydrogen-bond acceptors (Lipinski definition) is 4. The number of nitrogens with two attached hydrogens (primary N) is 1. The Hall–Kier alpha value is -1.78. The summed E-state index contributed by atoms with van der Waals surface area (Å²) in [5.74, 6) is 0.774. The average Bonchev–Trinajstić information content (AvgIpc) is 3.23. The van der Waals surface area contributed by atoms with Gasteiger partial charge < -0.3 is 15.7 Å². The third kappa shape index (κ3) is 2.97. The first kappa shape index (κ1) is 12.3. The fraction of sp³-hybridized carbons (Fsp3) is 0.571. The van der Waals surface area contributed by atoms with E-state index in [4.69, 9.17) is 5.73 Å². The average molecular weight is 261 g/mol. The van der Waals surface area contributed by atoms with Crippen LogP contribution >= 0.6 is 0 Å². The van der Waals surface area contributed by atoms with E-state index >= 15 is 0 Å². The Morgan fingerprint density at radius 3 is 2.37 bits per heavy atom. The number of hydrogen-bond donors (Lipinski definition) is 2. The summed E-state index contributed by atoms with van der Waals surface area (Å²) < 4.78 is 0. The highest BCUT2D eigenvalue weighted by Gasteiger charge is 2.31. The molecule has 19 heavy (non-hydrogen) atoms. The molecule has 0 radical (unpaired) electrons. The summed E-state index contributed by atoms with van der Waals surface area (Å²) in [6.07, 6.45) is 6.64. The molecule has 0 aliphatic heterocycles. The van der Waals surface area contributed by atoms with Crippen molar-refractivity contribution in [2.75, 3.05) is 23.7 Å². The molecule has 1 heterocycles. The van der Waals surface area contributed by atoms with Crippen LogP contribution in [0.2, 0.25) is 0 Å². The van der Waals surface area contributed by atoms with Gasteiger partial charge in [0.05, 0.1) is 17.4 Å². The van der Waals surface area contributed by atoms with E-state index in [-0.39, 0.29) is 11.4 Å². The molecule has 2 aliphatic carbocycles. The van der Waals surface area contributed by atoms with Gasteiger partial charge in [0.15, 0.2) is 0 Å². The molecule has 0 atom stereocenters. The Bertz CT molecular complexity index is 481. The van der Waals surface area contributed by atoms with Gasteiger partial charge in [0.25, 0.3) is 0 Å². The van der Waals surface area contributed by atoms with Gasteiger partial charge in [0.1, 0.15) is 5.82 Å². The standard InChI is InChI=1S/C14H19N3O2/c15-13-5-11(14(18)19)12(6-16-13)17(7-9-1-2-9)8-10-3-4-10/h5-6,9-10H,1-4,7-8H2,(H2,15,16)(H,18,19). The van der Waals surface area contributed by atoms with Crippen molar-refractivity contribution in [3.63, 3.8) is 0 Å². The number of aromatic carboxylic acids is 1. The molecule has 0 amide bonds. The van der Waals surface area contributed by atoms with Crippen LogP contribution in [0.15, 0.2) is 12.3 Å². The summed E-state index contributed by atoms with van der Waals surface area (Å²) in [4.78, 5) is 17.6. The first-order valence-corrected chi connectivity index (χ1v) is 6.87. The molecule has 2 fully saturated rings. The zero-order chi connectivity index (χ0) is 13.4. The van der Waals surface area contributed by atoms with Crippen LogP contribution in [0.1, 0.15) is 36.0 Å². The fourth-order valence-electron chi connectivity index (χ4n) is 2.38. The molecule has 0 spiro atoms. The second kappa shape index (κ2) is 4.72. The predicted octanol–water partition coefficient (Wildman–Crippen LogP) is 1.99. The Labute approximate surface area is 112 Å². The highest BCUT2D eigenvalue weighted by atomic mass is 16.4. The van der Waals surface area contributed by atoms with E-state index in [2.05, 4.69) is 9.88 Å². The largest absolute Gasteiger partial charge is 0.478 e. The second-order valence-corrected chi connectivity index (χ2v) is 5.72. The normalized spacial score (nSPS) is 18.3. The molecule has 3 rings (SSSR count). The van der Waals surface area contributed by atoms with Crippen molar-refractivity contribution >= 4 is 17.5 Å². The lowest BCUT2D eigenvalue weighted by Gasteiger charge is -2.26. The van der Waals surface area contributed by atoms with E-state index < -0.39 is 5.97 Å². The smallest absolute Gasteiger partial charge is 0.338 e. The van der Waals surface area contributed by atoms with E-state index in [1.54, 1.807) is 6.20 Å². The fourth-order valence-corrected chi connectivity index (χ4v) is 2.38. The Kier molecular flexibility index (Phi) is 3.05. The molecule has 0 unspecified atom stereocenters. The van der Waals surface area contributed by atoms with Crippen molar-refractivity contribution in [3.05, 3.63) is 17.8 Å². The van der Waals surface area contributed by atoms with Gasteiger partial charge in [-0.3, -0.25) is 0 Å². The van der Waals surface area contributed by atoms with Gasteiger partial charge in [-0.25, -0.2) is 9.78 Å². The summed E-state index contributed by atoms with van der Waals surface area (Å²) in [6, 6.07) is 1.46. The number of nitrogen functional groups attached to an aromatic ring is 1. The van der Waals surface area contributed by atoms with Gasteiger partial charge in [0, 0.05) is 13.1 Å². The van der Waals surface area contributed by atoms with Crippen LogP contribution in [0.25, 0.3) is 0 Å². The lowest BCUT2D eigenvalue weighted by Crippen LogP contribution is -2.30. The molecule has 102 valence electrons. The molecule has 2 saturated carbocycles. The van der Waals surface area contributed by atoms with E-state index in [0.29, 0.717) is 0 Å². The van der Waals surface area contributed by atoms with Gasteiger partial charge in [-0.1, -0.05) is 0 Å². The molecule has 1 aromatic rings. The van der Waals surface area contributed by atoms with E-state index in [0.717, 1.165) is 30.6 Å². The van der Waals surface area contributed by atoms with Crippen molar-refractivity contribution < 1.29 is 9.90 Å². The van der Waals surface area contributed by atoms with Gasteiger partial charge in [-0.2, -0.15) is 0 Å². The maximum atomic E-state index is 11.4. The SMILES string of the molecule is Nc1cc(C(=O)O)c(N(CC2CC2)CC2CC2)cn1. The van der Waals surface area contributed by atoms with Crippen molar-refractivity contribution in [3.8, 4) is 0 Å². The van der Waals surface area contributed by atoms with Crippen LogP contribution < -0.4 is 10.6 Å². The molecule has 0 bridgehead atoms. The van der Waals surface area contributed by atoms with Crippen LogP contribution in [0.4, 0.5) is 11.5 Å². The van der Waals surface area contributed by atoms with Crippen molar-refractivity contribution in [1.82, 2.24) is 4.98 Å². The number of anilines is 2. The molecule has 3 N–H and O–H groups in total. The predicted molar refractivity (Wildman–Crippen MR) is 73.3 cm³/mol. The van der Waals surface area contributed by atoms with Crippen LogP contribution in [0.3, 0.4) is 0 Å². The van der Waals surface area contributed by atoms with Crippen molar-refractivity contribution in [2.45, 2.75) is 25.7 Å². The highest BCUT2D eigenvalue weighted by molar-refractivity contribution is 5.95. The maximum absolute atomic E-state index is 11.4. The second-order valence-electron chi connectivity index (χ2n) is 5.72. The highest BCUT2D eigenvalue weighted by Crippen LogP contribution is 2.36. The molecule has 5 heteroatoms. The minimum atomic E-state index is -0.930. The summed E-state index contributed by atoms with van der Waals surface area (Å²) in [6.45, 7) is 1.89. The molecule has 5 nitrogen and oxygen atoms in total. The minimum absolute atomic E-state index is 0.263. The zero-order valence-corrected chi connectivity index (χ0v) is 10.9. The quantitative estimate of drug-likeness (QED) is 0.818. The van der Waals surface area contributed by atoms with E-state index in [9.17, 15) is 9.90 Å². The number of carbonyl (C=O) groups is 1. The van der Waals surface area contributed by atoms with Gasteiger partial charge in [-0.15, -0.1) is 0 Å². The Balaban J connectivity index is 1.88. The van der Waals surface area contributed by atoms with E-state index in [1.165, 1.54) is 31.7 Å². The third-order valence-electron chi connectivity index (χ3n) is 3.83. The van der Waals surface area contributed by atoms with Crippen molar-refractivity contribution in [1.29, 1.82) is 0 Å². The zero-order valence-electron chi connectivity index (χ0n) is 10.9. The number of pyridine rings is 1. The minimum Gasteiger partial charge on any atom is -0.478 e. The van der Waals surface area contributed by atoms with E-state index in [1.807, 2.05) is 0 Å². The molecule has 1 aromatic heterocycles. The van der Waals surface area contributed by atoms with Crippen LogP contribution in [0, 0.1) is 11.8 Å². The van der Waals surface area contributed by atoms with Crippen LogP contribution in [-0.4, -0.2) is 29.1 Å². The number of carboxylic acid groups (broad SMARTS) is 1. The summed E-state index contributed by atoms with van der Waals surface area (Å²) in [5, 5.41) is 9.33. The number of rotatable bonds is 6. The number of nitrogens with zero attached hydrogens (tertiary/aromatic N) is 2. The van der Waals surface area contributed by atoms with Crippen LogP contribution in [-0.2, 0) is 0 Å². The van der Waals surface area contributed by atoms with Gasteiger partial charge in [0.2, 0.25) is 0 Å². The molecule has 0 saturated heterocycles. The third-order valence-corrected chi connectivity index (χ3v) is 3.83. The molecule has 2 aliphatic rings. The van der Waals surface area contributed by atoms with Crippen LogP contribution in [0.5, 0.6) is 0 Å². The first-order chi connectivity index (χ1) is 9.13. The molecular formula is C14H19N3O2. The summed E-state index contributed by atoms with van der Waals surface area (Å²) in [7, 11) is 0. The molecule has 0 aromatic carbocycles. The number of aromatic nitrogens is 1. The maximum Gasteiger partial charge on any atom is 0.338 e. The summed E-state index contributed by atoms with van der Waals surface area (Å²) >= 11 is 0. The van der Waals surface area contributed by atoms with Gasteiger partial charge in [-0.05, 0) is 43.6 Å². The van der Waals surface area contributed by atoms with Gasteiger partial charge >= 0.3 is 5.97 Å².